The van der Waals surface area contributed by atoms with Gasteiger partial charge in [-0.25, -0.2) is 9.97 Å². The molecule has 1 saturated heterocycles. The molecule has 1 aliphatic heterocycles. The van der Waals surface area contributed by atoms with Crippen molar-refractivity contribution in [3.05, 3.63) is 17.0 Å². The van der Waals surface area contributed by atoms with Crippen LogP contribution in [-0.2, 0) is 11.2 Å². The summed E-state index contributed by atoms with van der Waals surface area (Å²) in [6.07, 6.45) is 1.50. The highest BCUT2D eigenvalue weighted by molar-refractivity contribution is 5.99. The first-order valence-corrected chi connectivity index (χ1v) is 6.88. The molecule has 2 aliphatic rings. The van der Waals surface area contributed by atoms with Crippen molar-refractivity contribution in [1.82, 2.24) is 9.97 Å². The van der Waals surface area contributed by atoms with E-state index in [1.165, 1.54) is 0 Å². The van der Waals surface area contributed by atoms with Gasteiger partial charge in [-0.05, 0) is 19.3 Å². The molecule has 0 radical (unpaired) electrons. The standard InChI is InChI=1S/C14H19N3O2/c1-9-7-11-13(12(18)8-9)10(2)15-14(16-11)17-3-5-19-6-4-17/h9H,3-8H2,1-2H3/t9-/m1/s1. The zero-order valence-electron chi connectivity index (χ0n) is 11.5. The van der Waals surface area contributed by atoms with Gasteiger partial charge < -0.3 is 9.64 Å². The lowest BCUT2D eigenvalue weighted by Gasteiger charge is -2.29. The lowest BCUT2D eigenvalue weighted by Crippen LogP contribution is -2.38. The molecule has 1 fully saturated rings. The fourth-order valence-corrected chi connectivity index (χ4v) is 2.85. The van der Waals surface area contributed by atoms with E-state index in [0.717, 1.165) is 55.6 Å². The first kappa shape index (κ1) is 12.5. The fraction of sp³-hybridized carbons (Fsp3) is 0.643. The molecule has 0 amide bonds. The molecule has 3 rings (SSSR count). The van der Waals surface area contributed by atoms with Crippen molar-refractivity contribution in [1.29, 1.82) is 0 Å². The van der Waals surface area contributed by atoms with Crippen LogP contribution in [-0.4, -0.2) is 42.1 Å². The van der Waals surface area contributed by atoms with Crippen LogP contribution < -0.4 is 4.90 Å². The van der Waals surface area contributed by atoms with Gasteiger partial charge in [-0.1, -0.05) is 6.92 Å². The SMILES string of the molecule is Cc1nc(N2CCOCC2)nc2c1C(=O)C[C@H](C)C2. The molecule has 5 nitrogen and oxygen atoms in total. The predicted molar refractivity (Wildman–Crippen MR) is 71.6 cm³/mol. The van der Waals surface area contributed by atoms with Crippen molar-refractivity contribution in [3.8, 4) is 0 Å². The first-order chi connectivity index (χ1) is 9.15. The van der Waals surface area contributed by atoms with Crippen LogP contribution in [0.2, 0.25) is 0 Å². The maximum Gasteiger partial charge on any atom is 0.225 e. The number of carbonyl (C=O) groups excluding carboxylic acids is 1. The summed E-state index contributed by atoms with van der Waals surface area (Å²) in [4.78, 5) is 23.4. The molecule has 2 heterocycles. The van der Waals surface area contributed by atoms with Crippen molar-refractivity contribution in [3.63, 3.8) is 0 Å². The Bertz CT molecular complexity index is 510. The second-order valence-corrected chi connectivity index (χ2v) is 5.47. The van der Waals surface area contributed by atoms with E-state index >= 15 is 0 Å². The van der Waals surface area contributed by atoms with Gasteiger partial charge >= 0.3 is 0 Å². The largest absolute Gasteiger partial charge is 0.378 e. The van der Waals surface area contributed by atoms with Gasteiger partial charge in [0.25, 0.3) is 0 Å². The predicted octanol–water partition coefficient (Wildman–Crippen LogP) is 1.39. The zero-order chi connectivity index (χ0) is 13.4. The Morgan fingerprint density at radius 1 is 1.21 bits per heavy atom. The van der Waals surface area contributed by atoms with Crippen LogP contribution in [0.1, 0.15) is 35.1 Å². The molecule has 1 aromatic heterocycles. The normalized spacial score (nSPS) is 23.4. The van der Waals surface area contributed by atoms with Gasteiger partial charge in [-0.15, -0.1) is 0 Å². The fourth-order valence-electron chi connectivity index (χ4n) is 2.85. The smallest absolute Gasteiger partial charge is 0.225 e. The van der Waals surface area contributed by atoms with Gasteiger partial charge in [-0.3, -0.25) is 4.79 Å². The van der Waals surface area contributed by atoms with Gasteiger partial charge in [-0.2, -0.15) is 0 Å². The second kappa shape index (κ2) is 4.89. The van der Waals surface area contributed by atoms with E-state index in [1.807, 2.05) is 6.92 Å². The molecule has 0 bridgehead atoms. The van der Waals surface area contributed by atoms with Crippen molar-refractivity contribution in [2.24, 2.45) is 5.92 Å². The van der Waals surface area contributed by atoms with E-state index in [4.69, 9.17) is 4.74 Å². The molecule has 0 N–H and O–H groups in total. The van der Waals surface area contributed by atoms with Crippen LogP contribution in [0.5, 0.6) is 0 Å². The minimum atomic E-state index is 0.194. The van der Waals surface area contributed by atoms with Crippen LogP contribution in [0, 0.1) is 12.8 Å². The average molecular weight is 261 g/mol. The van der Waals surface area contributed by atoms with E-state index in [0.29, 0.717) is 12.3 Å². The number of hydrogen-bond donors (Lipinski definition) is 0. The van der Waals surface area contributed by atoms with Crippen LogP contribution in [0.4, 0.5) is 5.95 Å². The van der Waals surface area contributed by atoms with Crippen molar-refractivity contribution < 1.29 is 9.53 Å². The van der Waals surface area contributed by atoms with Crippen LogP contribution in [0.15, 0.2) is 0 Å². The molecule has 0 aromatic carbocycles. The summed E-state index contributed by atoms with van der Waals surface area (Å²) in [6, 6.07) is 0. The quantitative estimate of drug-likeness (QED) is 0.764. The Labute approximate surface area is 113 Å². The molecule has 1 aromatic rings. The van der Waals surface area contributed by atoms with Gasteiger partial charge in [0.05, 0.1) is 30.2 Å². The minimum Gasteiger partial charge on any atom is -0.378 e. The number of morpholine rings is 1. The molecule has 5 heteroatoms. The number of ether oxygens (including phenoxy) is 1. The van der Waals surface area contributed by atoms with E-state index < -0.39 is 0 Å². The number of aryl methyl sites for hydroxylation is 1. The molecule has 19 heavy (non-hydrogen) atoms. The molecule has 102 valence electrons. The van der Waals surface area contributed by atoms with Gasteiger partial charge in [0, 0.05) is 19.5 Å². The van der Waals surface area contributed by atoms with E-state index in [1.54, 1.807) is 0 Å². The average Bonchev–Trinajstić information content (AvgIpc) is 2.38. The molecule has 0 spiro atoms. The maximum atomic E-state index is 12.1. The Hall–Kier alpha value is -1.49. The lowest BCUT2D eigenvalue weighted by molar-refractivity contribution is 0.0950. The number of carbonyl (C=O) groups is 1. The Morgan fingerprint density at radius 3 is 2.68 bits per heavy atom. The summed E-state index contributed by atoms with van der Waals surface area (Å²) in [5, 5.41) is 0. The Morgan fingerprint density at radius 2 is 1.95 bits per heavy atom. The maximum absolute atomic E-state index is 12.1. The van der Waals surface area contributed by atoms with Crippen LogP contribution in [0.25, 0.3) is 0 Å². The third-order valence-corrected chi connectivity index (χ3v) is 3.80. The van der Waals surface area contributed by atoms with E-state index in [2.05, 4.69) is 21.8 Å². The minimum absolute atomic E-state index is 0.194. The molecule has 0 unspecified atom stereocenters. The summed E-state index contributed by atoms with van der Waals surface area (Å²) in [7, 11) is 0. The highest BCUT2D eigenvalue weighted by atomic mass is 16.5. The summed E-state index contributed by atoms with van der Waals surface area (Å²) >= 11 is 0. The third kappa shape index (κ3) is 2.34. The van der Waals surface area contributed by atoms with Crippen LogP contribution in [0.3, 0.4) is 0 Å². The molecule has 1 aliphatic carbocycles. The number of hydrogen-bond acceptors (Lipinski definition) is 5. The number of ketones is 1. The van der Waals surface area contributed by atoms with Crippen molar-refractivity contribution in [2.45, 2.75) is 26.7 Å². The second-order valence-electron chi connectivity index (χ2n) is 5.47. The van der Waals surface area contributed by atoms with Gasteiger partial charge in [0.2, 0.25) is 5.95 Å². The highest BCUT2D eigenvalue weighted by Crippen LogP contribution is 2.27. The Kier molecular flexibility index (Phi) is 3.22. The summed E-state index contributed by atoms with van der Waals surface area (Å²) in [5.41, 5.74) is 2.51. The number of rotatable bonds is 1. The Balaban J connectivity index is 1.98. The van der Waals surface area contributed by atoms with Crippen LogP contribution >= 0.6 is 0 Å². The van der Waals surface area contributed by atoms with Crippen molar-refractivity contribution in [2.75, 3.05) is 31.2 Å². The monoisotopic (exact) mass is 261 g/mol. The summed E-state index contributed by atoms with van der Waals surface area (Å²) < 4.78 is 5.35. The number of nitrogens with zero attached hydrogens (tertiary/aromatic N) is 3. The number of Topliss-reactive ketones (excluding diaryl/α,β-unsaturated/α-hetero) is 1. The zero-order valence-corrected chi connectivity index (χ0v) is 11.5. The van der Waals surface area contributed by atoms with E-state index in [-0.39, 0.29) is 5.78 Å². The highest BCUT2D eigenvalue weighted by Gasteiger charge is 2.27. The summed E-state index contributed by atoms with van der Waals surface area (Å²) in [6.45, 7) is 7.10. The number of anilines is 1. The number of aromatic nitrogens is 2. The molecule has 1 atom stereocenters. The van der Waals surface area contributed by atoms with Crippen molar-refractivity contribution >= 4 is 11.7 Å². The number of fused-ring (bicyclic) bond motifs is 1. The first-order valence-electron chi connectivity index (χ1n) is 6.88. The topological polar surface area (TPSA) is 55.3 Å². The lowest BCUT2D eigenvalue weighted by atomic mass is 9.86. The molecule has 0 saturated carbocycles. The molecular weight excluding hydrogens is 242 g/mol. The van der Waals surface area contributed by atoms with Gasteiger partial charge in [0.15, 0.2) is 5.78 Å². The molecular formula is C14H19N3O2. The summed E-state index contributed by atoms with van der Waals surface area (Å²) in [5.74, 6) is 1.33. The third-order valence-electron chi connectivity index (χ3n) is 3.80. The van der Waals surface area contributed by atoms with Gasteiger partial charge in [0.1, 0.15) is 0 Å². The van der Waals surface area contributed by atoms with E-state index in [9.17, 15) is 4.79 Å².